The second kappa shape index (κ2) is 10.2. The van der Waals surface area contributed by atoms with Crippen LogP contribution in [0.2, 0.25) is 0 Å². The Kier molecular flexibility index (Phi) is 7.64. The number of nitrogen functional groups attached to an aromatic ring is 1. The van der Waals surface area contributed by atoms with E-state index in [1.807, 2.05) is 24.3 Å². The van der Waals surface area contributed by atoms with Gasteiger partial charge in [-0.05, 0) is 42.7 Å². The number of methoxy groups -OCH3 is 1. The number of carbonyl (C=O) groups is 2. The largest absolute Gasteiger partial charge is 0.399 e. The average Bonchev–Trinajstić information content (AvgIpc) is 2.64. The number of amides is 2. The third-order valence-corrected chi connectivity index (χ3v) is 3.85. The molecule has 0 aromatic heterocycles. The molecule has 0 unspecified atom stereocenters. The van der Waals surface area contributed by atoms with E-state index < -0.39 is 0 Å². The summed E-state index contributed by atoms with van der Waals surface area (Å²) >= 11 is 0. The number of para-hydroxylation sites is 1. The number of rotatable bonds is 9. The van der Waals surface area contributed by atoms with E-state index in [0.29, 0.717) is 42.9 Å². The van der Waals surface area contributed by atoms with Crippen molar-refractivity contribution in [1.29, 1.82) is 0 Å². The van der Waals surface area contributed by atoms with Gasteiger partial charge in [-0.3, -0.25) is 9.59 Å². The number of nitrogens with one attached hydrogen (secondary N) is 2. The Hall–Kier alpha value is -2.86. The Morgan fingerprint density at radius 1 is 1.12 bits per heavy atom. The summed E-state index contributed by atoms with van der Waals surface area (Å²) in [4.78, 5) is 24.6. The van der Waals surface area contributed by atoms with Crippen LogP contribution in [0.3, 0.4) is 0 Å². The fraction of sp³-hybridized carbons (Fsp3) is 0.300. The molecule has 0 aliphatic rings. The lowest BCUT2D eigenvalue weighted by atomic mass is 10.1. The van der Waals surface area contributed by atoms with E-state index in [1.165, 1.54) is 0 Å². The van der Waals surface area contributed by atoms with Crippen molar-refractivity contribution in [3.05, 3.63) is 59.7 Å². The molecule has 0 fully saturated rings. The lowest BCUT2D eigenvalue weighted by molar-refractivity contribution is -0.116. The van der Waals surface area contributed by atoms with Crippen molar-refractivity contribution in [2.24, 2.45) is 0 Å². The van der Waals surface area contributed by atoms with Crippen LogP contribution in [0.25, 0.3) is 0 Å². The number of hydrogen-bond donors (Lipinski definition) is 3. The summed E-state index contributed by atoms with van der Waals surface area (Å²) in [6, 6.07) is 14.4. The fourth-order valence-corrected chi connectivity index (χ4v) is 2.52. The number of nitrogens with two attached hydrogens (primary N) is 1. The summed E-state index contributed by atoms with van der Waals surface area (Å²) in [6.07, 6.45) is 1.63. The highest BCUT2D eigenvalue weighted by molar-refractivity contribution is 6.03. The van der Waals surface area contributed by atoms with Crippen LogP contribution in [-0.4, -0.2) is 32.1 Å². The van der Waals surface area contributed by atoms with Gasteiger partial charge in [-0.1, -0.05) is 24.3 Å². The van der Waals surface area contributed by atoms with Crippen LogP contribution < -0.4 is 16.4 Å². The van der Waals surface area contributed by atoms with Gasteiger partial charge in [0.1, 0.15) is 0 Å². The number of ether oxygens (including phenoxy) is 1. The quantitative estimate of drug-likeness (QED) is 0.476. The number of hydrogen-bond acceptors (Lipinski definition) is 4. The SMILES string of the molecule is COCCCNC(=O)c1ccccc1NC(=O)CCc1cccc(N)c1. The molecule has 2 aromatic rings. The molecule has 26 heavy (non-hydrogen) atoms. The van der Waals surface area contributed by atoms with Crippen molar-refractivity contribution >= 4 is 23.2 Å². The van der Waals surface area contributed by atoms with E-state index in [-0.39, 0.29) is 11.8 Å². The van der Waals surface area contributed by atoms with Gasteiger partial charge >= 0.3 is 0 Å². The molecule has 138 valence electrons. The van der Waals surface area contributed by atoms with Crippen molar-refractivity contribution in [2.45, 2.75) is 19.3 Å². The fourth-order valence-electron chi connectivity index (χ4n) is 2.52. The van der Waals surface area contributed by atoms with Crippen molar-refractivity contribution in [3.63, 3.8) is 0 Å². The molecular weight excluding hydrogens is 330 g/mol. The molecule has 2 amide bonds. The van der Waals surface area contributed by atoms with E-state index >= 15 is 0 Å². The molecule has 0 bridgehead atoms. The minimum absolute atomic E-state index is 0.146. The molecule has 6 nitrogen and oxygen atoms in total. The van der Waals surface area contributed by atoms with Crippen LogP contribution in [0.15, 0.2) is 48.5 Å². The zero-order valence-corrected chi connectivity index (χ0v) is 15.0. The van der Waals surface area contributed by atoms with Crippen LogP contribution in [0.1, 0.15) is 28.8 Å². The Balaban J connectivity index is 1.92. The number of anilines is 2. The van der Waals surface area contributed by atoms with Crippen LogP contribution in [0, 0.1) is 0 Å². The Bertz CT molecular complexity index is 747. The smallest absolute Gasteiger partial charge is 0.253 e. The van der Waals surface area contributed by atoms with Crippen LogP contribution >= 0.6 is 0 Å². The lowest BCUT2D eigenvalue weighted by Crippen LogP contribution is -2.26. The first-order chi connectivity index (χ1) is 12.6. The highest BCUT2D eigenvalue weighted by atomic mass is 16.5. The molecule has 0 radical (unpaired) electrons. The molecule has 2 rings (SSSR count). The van der Waals surface area contributed by atoms with E-state index in [9.17, 15) is 9.59 Å². The first-order valence-corrected chi connectivity index (χ1v) is 8.60. The van der Waals surface area contributed by atoms with Crippen LogP contribution in [-0.2, 0) is 16.0 Å². The molecule has 0 atom stereocenters. The van der Waals surface area contributed by atoms with Gasteiger partial charge in [0.25, 0.3) is 5.91 Å². The van der Waals surface area contributed by atoms with Crippen molar-refractivity contribution in [3.8, 4) is 0 Å². The van der Waals surface area contributed by atoms with Gasteiger partial charge in [-0.15, -0.1) is 0 Å². The molecule has 0 spiro atoms. The zero-order chi connectivity index (χ0) is 18.8. The van der Waals surface area contributed by atoms with E-state index in [2.05, 4.69) is 10.6 Å². The van der Waals surface area contributed by atoms with E-state index in [4.69, 9.17) is 10.5 Å². The number of aryl methyl sites for hydroxylation is 1. The summed E-state index contributed by atoms with van der Waals surface area (Å²) < 4.78 is 4.96. The standard InChI is InChI=1S/C20H25N3O3/c1-26-13-5-12-22-20(25)17-8-2-3-9-18(17)23-19(24)11-10-15-6-4-7-16(21)14-15/h2-4,6-9,14H,5,10-13,21H2,1H3,(H,22,25)(H,23,24). The topological polar surface area (TPSA) is 93.5 Å². The normalized spacial score (nSPS) is 10.3. The Labute approximate surface area is 153 Å². The summed E-state index contributed by atoms with van der Waals surface area (Å²) in [5, 5.41) is 5.65. The first kappa shape index (κ1) is 19.5. The average molecular weight is 355 g/mol. The summed E-state index contributed by atoms with van der Waals surface area (Å²) in [5.74, 6) is -0.361. The molecule has 0 heterocycles. The van der Waals surface area contributed by atoms with Crippen LogP contribution in [0.4, 0.5) is 11.4 Å². The predicted octanol–water partition coefficient (Wildman–Crippen LogP) is 2.61. The maximum Gasteiger partial charge on any atom is 0.253 e. The molecule has 4 N–H and O–H groups in total. The molecule has 0 aliphatic heterocycles. The Morgan fingerprint density at radius 3 is 2.69 bits per heavy atom. The summed E-state index contributed by atoms with van der Waals surface area (Å²) in [5.41, 5.74) is 8.39. The molecule has 0 aliphatic carbocycles. The van der Waals surface area contributed by atoms with Gasteiger partial charge in [-0.2, -0.15) is 0 Å². The molecule has 0 saturated heterocycles. The Morgan fingerprint density at radius 2 is 1.92 bits per heavy atom. The second-order valence-electron chi connectivity index (χ2n) is 5.94. The van der Waals surface area contributed by atoms with Gasteiger partial charge in [0.15, 0.2) is 0 Å². The van der Waals surface area contributed by atoms with Crippen LogP contribution in [0.5, 0.6) is 0 Å². The molecular formula is C20H25N3O3. The maximum absolute atomic E-state index is 12.3. The number of carbonyl (C=O) groups excluding carboxylic acids is 2. The van der Waals surface area contributed by atoms with Gasteiger partial charge < -0.3 is 21.1 Å². The van der Waals surface area contributed by atoms with Gasteiger partial charge in [-0.25, -0.2) is 0 Å². The maximum atomic E-state index is 12.3. The summed E-state index contributed by atoms with van der Waals surface area (Å²) in [7, 11) is 1.62. The third kappa shape index (κ3) is 6.22. The lowest BCUT2D eigenvalue weighted by Gasteiger charge is -2.11. The highest BCUT2D eigenvalue weighted by Crippen LogP contribution is 2.16. The zero-order valence-electron chi connectivity index (χ0n) is 15.0. The summed E-state index contributed by atoms with van der Waals surface area (Å²) in [6.45, 7) is 1.10. The molecule has 6 heteroatoms. The van der Waals surface area contributed by atoms with Crippen molar-refractivity contribution < 1.29 is 14.3 Å². The molecule has 0 saturated carbocycles. The van der Waals surface area contributed by atoms with Crippen molar-refractivity contribution in [2.75, 3.05) is 31.3 Å². The van der Waals surface area contributed by atoms with Gasteiger partial charge in [0.2, 0.25) is 5.91 Å². The minimum Gasteiger partial charge on any atom is -0.399 e. The monoisotopic (exact) mass is 355 g/mol. The highest BCUT2D eigenvalue weighted by Gasteiger charge is 2.12. The molecule has 2 aromatic carbocycles. The van der Waals surface area contributed by atoms with Gasteiger partial charge in [0, 0.05) is 32.4 Å². The van der Waals surface area contributed by atoms with Crippen molar-refractivity contribution in [1.82, 2.24) is 5.32 Å². The predicted molar refractivity (Wildman–Crippen MR) is 103 cm³/mol. The number of benzene rings is 2. The van der Waals surface area contributed by atoms with E-state index in [1.54, 1.807) is 31.4 Å². The van der Waals surface area contributed by atoms with E-state index in [0.717, 1.165) is 12.0 Å². The second-order valence-corrected chi connectivity index (χ2v) is 5.94. The van der Waals surface area contributed by atoms with Gasteiger partial charge in [0.05, 0.1) is 11.3 Å². The minimum atomic E-state index is -0.215. The third-order valence-electron chi connectivity index (χ3n) is 3.85. The first-order valence-electron chi connectivity index (χ1n) is 8.60.